The molecule has 7 heteroatoms. The van der Waals surface area contributed by atoms with Crippen molar-refractivity contribution in [2.75, 3.05) is 5.32 Å². The maximum absolute atomic E-state index is 4.76. The van der Waals surface area contributed by atoms with Crippen molar-refractivity contribution in [3.8, 4) is 0 Å². The quantitative estimate of drug-likeness (QED) is 0.802. The molecule has 0 saturated carbocycles. The van der Waals surface area contributed by atoms with Crippen LogP contribution in [0, 0.1) is 6.92 Å². The van der Waals surface area contributed by atoms with E-state index in [1.54, 1.807) is 15.9 Å². The molecule has 3 heterocycles. The average molecular weight is 316 g/mol. The van der Waals surface area contributed by atoms with Crippen LogP contribution < -0.4 is 5.32 Å². The second-order valence-corrected chi connectivity index (χ2v) is 7.33. The lowest BCUT2D eigenvalue weighted by Gasteiger charge is -2.16. The van der Waals surface area contributed by atoms with Crippen molar-refractivity contribution in [2.45, 2.75) is 46.1 Å². The molecule has 3 aromatic heterocycles. The number of aryl methyl sites for hydroxylation is 1. The average Bonchev–Trinajstić information content (AvgIpc) is 3.06. The van der Waals surface area contributed by atoms with Crippen LogP contribution in [0.1, 0.15) is 50.1 Å². The third-order valence-corrected chi connectivity index (χ3v) is 4.43. The minimum absolute atomic E-state index is 0.0703. The SMILES string of the molecule is Cc1cc(NC(C)c2nc(C(C)(C)C)cs2)n2ncnc2n1. The van der Waals surface area contributed by atoms with Crippen molar-refractivity contribution in [2.24, 2.45) is 0 Å². The minimum Gasteiger partial charge on any atom is -0.361 e. The lowest BCUT2D eigenvalue weighted by atomic mass is 9.93. The van der Waals surface area contributed by atoms with E-state index in [1.807, 2.05) is 13.0 Å². The zero-order valence-corrected chi connectivity index (χ0v) is 14.3. The van der Waals surface area contributed by atoms with E-state index in [9.17, 15) is 0 Å². The maximum Gasteiger partial charge on any atom is 0.254 e. The fourth-order valence-electron chi connectivity index (χ4n) is 2.15. The van der Waals surface area contributed by atoms with Gasteiger partial charge in [-0.1, -0.05) is 20.8 Å². The molecule has 0 aromatic carbocycles. The number of rotatable bonds is 3. The summed E-state index contributed by atoms with van der Waals surface area (Å²) in [6.45, 7) is 10.6. The van der Waals surface area contributed by atoms with E-state index in [4.69, 9.17) is 4.98 Å². The number of hydrogen-bond donors (Lipinski definition) is 1. The van der Waals surface area contributed by atoms with E-state index in [0.717, 1.165) is 22.2 Å². The van der Waals surface area contributed by atoms with Crippen LogP contribution in [0.5, 0.6) is 0 Å². The number of thiazole rings is 1. The predicted octanol–water partition coefficient (Wildman–Crippen LogP) is 3.36. The molecule has 0 radical (unpaired) electrons. The molecule has 0 aliphatic rings. The highest BCUT2D eigenvalue weighted by Crippen LogP contribution is 2.28. The van der Waals surface area contributed by atoms with Gasteiger partial charge >= 0.3 is 0 Å². The first-order valence-corrected chi connectivity index (χ1v) is 8.12. The number of nitrogens with one attached hydrogen (secondary N) is 1. The van der Waals surface area contributed by atoms with Gasteiger partial charge in [0.05, 0.1) is 11.7 Å². The molecule has 6 nitrogen and oxygen atoms in total. The van der Waals surface area contributed by atoms with Crippen LogP contribution in [0.4, 0.5) is 5.82 Å². The first-order chi connectivity index (χ1) is 10.3. The fourth-order valence-corrected chi connectivity index (χ4v) is 3.20. The van der Waals surface area contributed by atoms with Gasteiger partial charge in [0, 0.05) is 22.6 Å². The standard InChI is InChI=1S/C15H20N6S/c1-9-6-12(21-14(18-9)16-8-17-21)19-10(2)13-20-11(7-22-13)15(3,4)5/h6-8,10,19H,1-5H3. The normalized spacial score (nSPS) is 13.5. The van der Waals surface area contributed by atoms with Crippen molar-refractivity contribution >= 4 is 22.9 Å². The molecule has 0 saturated heterocycles. The minimum atomic E-state index is 0.0703. The summed E-state index contributed by atoms with van der Waals surface area (Å²) in [5.74, 6) is 1.48. The largest absolute Gasteiger partial charge is 0.361 e. The highest BCUT2D eigenvalue weighted by Gasteiger charge is 2.20. The first kappa shape index (κ1) is 14.9. The Kier molecular flexibility index (Phi) is 3.60. The zero-order valence-electron chi connectivity index (χ0n) is 13.5. The number of fused-ring (bicyclic) bond motifs is 1. The van der Waals surface area contributed by atoms with Crippen LogP contribution in [0.15, 0.2) is 17.8 Å². The summed E-state index contributed by atoms with van der Waals surface area (Å²) < 4.78 is 1.71. The molecule has 22 heavy (non-hydrogen) atoms. The summed E-state index contributed by atoms with van der Waals surface area (Å²) in [5, 5.41) is 10.9. The van der Waals surface area contributed by atoms with E-state index in [2.05, 4.69) is 53.5 Å². The molecule has 1 atom stereocenters. The van der Waals surface area contributed by atoms with Crippen molar-refractivity contribution < 1.29 is 0 Å². The first-order valence-electron chi connectivity index (χ1n) is 7.24. The number of aromatic nitrogens is 5. The smallest absolute Gasteiger partial charge is 0.254 e. The maximum atomic E-state index is 4.76. The van der Waals surface area contributed by atoms with E-state index in [-0.39, 0.29) is 11.5 Å². The Morgan fingerprint density at radius 3 is 2.73 bits per heavy atom. The molecule has 0 amide bonds. The Balaban J connectivity index is 1.88. The van der Waals surface area contributed by atoms with Crippen LogP contribution in [0.25, 0.3) is 5.78 Å². The van der Waals surface area contributed by atoms with Crippen LogP contribution in [0.3, 0.4) is 0 Å². The second-order valence-electron chi connectivity index (χ2n) is 6.44. The molecule has 1 unspecified atom stereocenters. The van der Waals surface area contributed by atoms with Crippen LogP contribution in [-0.2, 0) is 5.41 Å². The number of hydrogen-bond acceptors (Lipinski definition) is 6. The van der Waals surface area contributed by atoms with E-state index >= 15 is 0 Å². The van der Waals surface area contributed by atoms with Gasteiger partial charge in [-0.15, -0.1) is 11.3 Å². The zero-order chi connectivity index (χ0) is 15.9. The Bertz CT molecular complexity index is 798. The van der Waals surface area contributed by atoms with Gasteiger partial charge in [0.2, 0.25) is 0 Å². The Labute approximate surface area is 133 Å². The van der Waals surface area contributed by atoms with E-state index in [0.29, 0.717) is 5.78 Å². The van der Waals surface area contributed by atoms with E-state index in [1.165, 1.54) is 6.33 Å². The molecule has 0 fully saturated rings. The topological polar surface area (TPSA) is 68.0 Å². The monoisotopic (exact) mass is 316 g/mol. The Morgan fingerprint density at radius 1 is 1.27 bits per heavy atom. The third kappa shape index (κ3) is 2.81. The van der Waals surface area contributed by atoms with Gasteiger partial charge in [-0.3, -0.25) is 0 Å². The molecular formula is C15H20N6S. The van der Waals surface area contributed by atoms with E-state index < -0.39 is 0 Å². The highest BCUT2D eigenvalue weighted by atomic mass is 32.1. The van der Waals surface area contributed by atoms with Gasteiger partial charge < -0.3 is 5.32 Å². The second kappa shape index (κ2) is 5.31. The van der Waals surface area contributed by atoms with Crippen LogP contribution in [0.2, 0.25) is 0 Å². The van der Waals surface area contributed by atoms with Crippen molar-refractivity contribution in [3.63, 3.8) is 0 Å². The van der Waals surface area contributed by atoms with Crippen molar-refractivity contribution in [1.29, 1.82) is 0 Å². The molecule has 0 bridgehead atoms. The molecule has 3 rings (SSSR count). The summed E-state index contributed by atoms with van der Waals surface area (Å²) in [5.41, 5.74) is 2.10. The molecule has 0 aliphatic carbocycles. The summed E-state index contributed by atoms with van der Waals surface area (Å²) >= 11 is 1.68. The Hall–Kier alpha value is -2.02. The molecule has 3 aromatic rings. The Morgan fingerprint density at radius 2 is 2.05 bits per heavy atom. The molecule has 0 spiro atoms. The van der Waals surface area contributed by atoms with Crippen LogP contribution in [-0.4, -0.2) is 24.6 Å². The van der Waals surface area contributed by atoms with Gasteiger partial charge in [0.25, 0.3) is 5.78 Å². The van der Waals surface area contributed by atoms with Gasteiger partial charge in [-0.2, -0.15) is 14.6 Å². The number of anilines is 1. The summed E-state index contributed by atoms with van der Waals surface area (Å²) in [6.07, 6.45) is 1.51. The van der Waals surface area contributed by atoms with Crippen molar-refractivity contribution in [3.05, 3.63) is 34.2 Å². The molecule has 116 valence electrons. The van der Waals surface area contributed by atoms with Gasteiger partial charge in [0.15, 0.2) is 0 Å². The number of nitrogens with zero attached hydrogens (tertiary/aromatic N) is 5. The highest BCUT2D eigenvalue weighted by molar-refractivity contribution is 7.09. The van der Waals surface area contributed by atoms with Gasteiger partial charge in [0.1, 0.15) is 17.2 Å². The van der Waals surface area contributed by atoms with Gasteiger partial charge in [-0.05, 0) is 13.8 Å². The molecule has 1 N–H and O–H groups in total. The van der Waals surface area contributed by atoms with Crippen LogP contribution >= 0.6 is 11.3 Å². The third-order valence-electron chi connectivity index (χ3n) is 3.41. The lowest BCUT2D eigenvalue weighted by Crippen LogP contribution is -2.14. The van der Waals surface area contributed by atoms with Crippen molar-refractivity contribution in [1.82, 2.24) is 24.6 Å². The molecule has 0 aliphatic heterocycles. The lowest BCUT2D eigenvalue weighted by molar-refractivity contribution is 0.569. The van der Waals surface area contributed by atoms with Gasteiger partial charge in [-0.25, -0.2) is 9.97 Å². The summed E-state index contributed by atoms with van der Waals surface area (Å²) in [4.78, 5) is 13.3. The summed E-state index contributed by atoms with van der Waals surface area (Å²) in [7, 11) is 0. The predicted molar refractivity (Wildman–Crippen MR) is 88.4 cm³/mol. The summed E-state index contributed by atoms with van der Waals surface area (Å²) in [6, 6.07) is 2.06. The molecular weight excluding hydrogens is 296 g/mol. The fraction of sp³-hybridized carbons (Fsp3) is 0.467.